The van der Waals surface area contributed by atoms with Crippen molar-refractivity contribution in [2.24, 2.45) is 0 Å². The highest BCUT2D eigenvalue weighted by atomic mass is 35.5. The maximum Gasteiger partial charge on any atom is 0.137 e. The molecule has 0 saturated carbocycles. The van der Waals surface area contributed by atoms with Crippen molar-refractivity contribution >= 4 is 17.3 Å². The third kappa shape index (κ3) is 3.07. The minimum Gasteiger partial charge on any atom is -0.495 e. The Morgan fingerprint density at radius 1 is 1.35 bits per heavy atom. The molecule has 1 aromatic carbocycles. The molecular weight excluding hydrogens is 238 g/mol. The topological polar surface area (TPSA) is 47.0 Å². The highest BCUT2D eigenvalue weighted by Crippen LogP contribution is 2.27. The average Bonchev–Trinajstić information content (AvgIpc) is 2.38. The highest BCUT2D eigenvalue weighted by molar-refractivity contribution is 6.32. The van der Waals surface area contributed by atoms with Crippen molar-refractivity contribution in [2.75, 3.05) is 12.4 Å². The summed E-state index contributed by atoms with van der Waals surface area (Å²) in [5.74, 6) is 0.664. The molecule has 0 bridgehead atoms. The lowest BCUT2D eigenvalue weighted by Gasteiger charge is -2.08. The van der Waals surface area contributed by atoms with Crippen LogP contribution >= 0.6 is 11.6 Å². The molecule has 0 radical (unpaired) electrons. The van der Waals surface area contributed by atoms with Gasteiger partial charge in [-0.1, -0.05) is 11.6 Å². The monoisotopic (exact) mass is 249 g/mol. The summed E-state index contributed by atoms with van der Waals surface area (Å²) in [6.07, 6.45) is 5.03. The van der Waals surface area contributed by atoms with Gasteiger partial charge in [0.05, 0.1) is 30.6 Å². The summed E-state index contributed by atoms with van der Waals surface area (Å²) >= 11 is 6.02. The predicted octanol–water partition coefficient (Wildman–Crippen LogP) is 2.75. The normalized spacial score (nSPS) is 10.0. The molecule has 1 aromatic heterocycles. The molecule has 4 nitrogen and oxygen atoms in total. The van der Waals surface area contributed by atoms with Crippen LogP contribution in [0.2, 0.25) is 5.02 Å². The minimum atomic E-state index is 0.580. The van der Waals surface area contributed by atoms with Gasteiger partial charge in [0.2, 0.25) is 0 Å². The number of ether oxygens (including phenoxy) is 1. The van der Waals surface area contributed by atoms with Gasteiger partial charge in [-0.25, -0.2) is 0 Å². The van der Waals surface area contributed by atoms with Crippen LogP contribution in [0.3, 0.4) is 0 Å². The van der Waals surface area contributed by atoms with Crippen LogP contribution in [0.15, 0.2) is 36.8 Å². The van der Waals surface area contributed by atoms with Gasteiger partial charge in [0.15, 0.2) is 0 Å². The molecule has 0 fully saturated rings. The Kier molecular flexibility index (Phi) is 3.77. The number of nitrogens with zero attached hydrogens (tertiary/aromatic N) is 2. The van der Waals surface area contributed by atoms with E-state index in [2.05, 4.69) is 15.3 Å². The fraction of sp³-hybridized carbons (Fsp3) is 0.167. The number of anilines is 1. The van der Waals surface area contributed by atoms with E-state index in [9.17, 15) is 0 Å². The second-order valence-corrected chi connectivity index (χ2v) is 3.81. The zero-order valence-corrected chi connectivity index (χ0v) is 10.1. The van der Waals surface area contributed by atoms with Gasteiger partial charge in [-0.3, -0.25) is 9.97 Å². The van der Waals surface area contributed by atoms with E-state index in [1.807, 2.05) is 18.2 Å². The van der Waals surface area contributed by atoms with Crippen molar-refractivity contribution in [3.8, 4) is 5.75 Å². The van der Waals surface area contributed by atoms with Crippen molar-refractivity contribution in [3.05, 3.63) is 47.5 Å². The largest absolute Gasteiger partial charge is 0.495 e. The first-order chi connectivity index (χ1) is 8.29. The van der Waals surface area contributed by atoms with Crippen LogP contribution in [-0.2, 0) is 6.54 Å². The van der Waals surface area contributed by atoms with Gasteiger partial charge in [-0.2, -0.15) is 0 Å². The van der Waals surface area contributed by atoms with Crippen molar-refractivity contribution in [1.82, 2.24) is 9.97 Å². The van der Waals surface area contributed by atoms with E-state index < -0.39 is 0 Å². The Labute approximate surface area is 105 Å². The van der Waals surface area contributed by atoms with Crippen molar-refractivity contribution in [3.63, 3.8) is 0 Å². The molecule has 0 atom stereocenters. The van der Waals surface area contributed by atoms with Gasteiger partial charge in [-0.15, -0.1) is 0 Å². The predicted molar refractivity (Wildman–Crippen MR) is 67.4 cm³/mol. The van der Waals surface area contributed by atoms with Gasteiger partial charge in [0.1, 0.15) is 5.75 Å². The van der Waals surface area contributed by atoms with E-state index in [4.69, 9.17) is 16.3 Å². The van der Waals surface area contributed by atoms with Crippen LogP contribution in [-0.4, -0.2) is 17.1 Å². The molecule has 2 rings (SSSR count). The van der Waals surface area contributed by atoms with E-state index in [0.717, 1.165) is 11.4 Å². The van der Waals surface area contributed by atoms with E-state index in [-0.39, 0.29) is 0 Å². The van der Waals surface area contributed by atoms with Crippen LogP contribution in [0.25, 0.3) is 0 Å². The number of benzene rings is 1. The molecule has 0 spiro atoms. The van der Waals surface area contributed by atoms with E-state index in [0.29, 0.717) is 17.3 Å². The van der Waals surface area contributed by atoms with Gasteiger partial charge in [0.25, 0.3) is 0 Å². The molecule has 0 unspecified atom stereocenters. The summed E-state index contributed by atoms with van der Waals surface area (Å²) in [7, 11) is 1.59. The summed E-state index contributed by atoms with van der Waals surface area (Å²) in [6, 6.07) is 5.54. The zero-order chi connectivity index (χ0) is 12.1. The fourth-order valence-corrected chi connectivity index (χ4v) is 1.65. The summed E-state index contributed by atoms with van der Waals surface area (Å²) < 4.78 is 5.08. The molecule has 1 heterocycles. The van der Waals surface area contributed by atoms with Crippen molar-refractivity contribution in [1.29, 1.82) is 0 Å². The summed E-state index contributed by atoms with van der Waals surface area (Å²) in [4.78, 5) is 8.16. The number of aromatic nitrogens is 2. The second-order valence-electron chi connectivity index (χ2n) is 3.40. The van der Waals surface area contributed by atoms with Gasteiger partial charge >= 0.3 is 0 Å². The standard InChI is InChI=1S/C12H12ClN3O/c1-17-12-3-2-9(6-11(12)13)16-8-10-7-14-4-5-15-10/h2-7,16H,8H2,1H3. The van der Waals surface area contributed by atoms with E-state index in [1.165, 1.54) is 0 Å². The molecule has 0 saturated heterocycles. The van der Waals surface area contributed by atoms with Crippen LogP contribution < -0.4 is 10.1 Å². The molecule has 0 aliphatic carbocycles. The lowest BCUT2D eigenvalue weighted by Crippen LogP contribution is -2.01. The maximum atomic E-state index is 6.02. The Hall–Kier alpha value is -1.81. The number of methoxy groups -OCH3 is 1. The smallest absolute Gasteiger partial charge is 0.137 e. The number of halogens is 1. The molecular formula is C12H12ClN3O. The summed E-state index contributed by atoms with van der Waals surface area (Å²) in [5, 5.41) is 3.79. The Balaban J connectivity index is 2.02. The second kappa shape index (κ2) is 5.50. The molecule has 88 valence electrons. The lowest BCUT2D eigenvalue weighted by atomic mass is 10.3. The molecule has 17 heavy (non-hydrogen) atoms. The molecule has 0 aliphatic rings. The Morgan fingerprint density at radius 2 is 2.24 bits per heavy atom. The zero-order valence-electron chi connectivity index (χ0n) is 9.35. The van der Waals surface area contributed by atoms with E-state index >= 15 is 0 Å². The number of rotatable bonds is 4. The molecule has 1 N–H and O–H groups in total. The quantitative estimate of drug-likeness (QED) is 0.905. The first kappa shape index (κ1) is 11.7. The van der Waals surface area contributed by atoms with Gasteiger partial charge in [-0.05, 0) is 18.2 Å². The average molecular weight is 250 g/mol. The van der Waals surface area contributed by atoms with E-state index in [1.54, 1.807) is 25.7 Å². The van der Waals surface area contributed by atoms with Crippen LogP contribution in [0.4, 0.5) is 5.69 Å². The third-order valence-electron chi connectivity index (χ3n) is 2.24. The molecule has 0 amide bonds. The summed E-state index contributed by atoms with van der Waals surface area (Å²) in [5.41, 5.74) is 1.79. The molecule has 2 aromatic rings. The molecule has 5 heteroatoms. The van der Waals surface area contributed by atoms with Crippen LogP contribution in [0.5, 0.6) is 5.75 Å². The highest BCUT2D eigenvalue weighted by Gasteiger charge is 2.01. The van der Waals surface area contributed by atoms with Crippen molar-refractivity contribution < 1.29 is 4.74 Å². The van der Waals surface area contributed by atoms with Gasteiger partial charge in [0, 0.05) is 18.1 Å². The number of hydrogen-bond donors (Lipinski definition) is 1. The van der Waals surface area contributed by atoms with Gasteiger partial charge < -0.3 is 10.1 Å². The minimum absolute atomic E-state index is 0.580. The maximum absolute atomic E-state index is 6.02. The lowest BCUT2D eigenvalue weighted by molar-refractivity contribution is 0.415. The Bertz CT molecular complexity index is 490. The first-order valence-corrected chi connectivity index (χ1v) is 5.49. The first-order valence-electron chi connectivity index (χ1n) is 5.12. The SMILES string of the molecule is COc1ccc(NCc2cnccn2)cc1Cl. The van der Waals surface area contributed by atoms with Crippen LogP contribution in [0.1, 0.15) is 5.69 Å². The van der Waals surface area contributed by atoms with Crippen LogP contribution in [0, 0.1) is 0 Å². The number of nitrogens with one attached hydrogen (secondary N) is 1. The summed E-state index contributed by atoms with van der Waals surface area (Å²) in [6.45, 7) is 0.608. The third-order valence-corrected chi connectivity index (χ3v) is 2.54. The number of hydrogen-bond acceptors (Lipinski definition) is 4. The Morgan fingerprint density at radius 3 is 2.88 bits per heavy atom. The fourth-order valence-electron chi connectivity index (χ4n) is 1.39. The van der Waals surface area contributed by atoms with Crippen molar-refractivity contribution in [2.45, 2.75) is 6.54 Å². The molecule has 0 aliphatic heterocycles.